The van der Waals surface area contributed by atoms with E-state index in [9.17, 15) is 31.1 Å². The summed E-state index contributed by atoms with van der Waals surface area (Å²) in [7, 11) is -3.90. The van der Waals surface area contributed by atoms with Gasteiger partial charge in [0.25, 0.3) is 6.35 Å². The van der Waals surface area contributed by atoms with E-state index in [1.54, 1.807) is 0 Å². The molecule has 3 rings (SSSR count). The van der Waals surface area contributed by atoms with Crippen molar-refractivity contribution in [2.24, 2.45) is 0 Å². The van der Waals surface area contributed by atoms with Crippen LogP contribution in [0, 0.1) is 69.8 Å². The van der Waals surface area contributed by atoms with E-state index in [4.69, 9.17) is 4.65 Å². The lowest BCUT2D eigenvalue weighted by molar-refractivity contribution is 0.222. The first kappa shape index (κ1) is 38.2. The van der Waals surface area contributed by atoms with Gasteiger partial charge in [0.2, 0.25) is 0 Å². The maximum Gasteiger partial charge on any atom is 0.406 e. The van der Waals surface area contributed by atoms with Crippen molar-refractivity contribution < 1.29 is 62.1 Å². The average molecular weight is 704 g/mol. The molecule has 2 nitrogen and oxygen atoms in total. The van der Waals surface area contributed by atoms with Crippen LogP contribution in [0.5, 0.6) is 0 Å². The molecule has 3 aromatic rings. The number of carbonyl (C=O) groups excluding carboxylic acids is 1. The molecular formula is C31H30BF12O2P. The van der Waals surface area contributed by atoms with Crippen molar-refractivity contribution in [1.82, 2.24) is 0 Å². The lowest BCUT2D eigenvalue weighted by atomic mass is 9.27. The highest BCUT2D eigenvalue weighted by atomic mass is 31.2. The molecule has 0 amide bonds. The molecular weight excluding hydrogens is 674 g/mol. The zero-order chi connectivity index (χ0) is 36.6. The van der Waals surface area contributed by atoms with Crippen LogP contribution in [-0.4, -0.2) is 27.5 Å². The second-order valence-corrected chi connectivity index (χ2v) is 19.7. The second kappa shape index (κ2) is 12.0. The minimum atomic E-state index is -5.96. The minimum Gasteiger partial charge on any atom is -0.646 e. The van der Waals surface area contributed by atoms with Gasteiger partial charge in [-0.15, -0.1) is 0 Å². The fraction of sp³-hybridized carbons (Fsp3) is 0.387. The molecule has 47 heavy (non-hydrogen) atoms. The summed E-state index contributed by atoms with van der Waals surface area (Å²) >= 11 is 0. The lowest BCUT2D eigenvalue weighted by Gasteiger charge is -2.54. The van der Waals surface area contributed by atoms with Gasteiger partial charge in [-0.05, 0) is 62.3 Å². The zero-order valence-corrected chi connectivity index (χ0v) is 27.5. The fourth-order valence-electron chi connectivity index (χ4n) is 7.53. The van der Waals surface area contributed by atoms with Gasteiger partial charge in [0.05, 0.1) is 15.5 Å². The van der Waals surface area contributed by atoms with E-state index in [0.717, 1.165) is 0 Å². The molecule has 16 heteroatoms. The number of rotatable bonds is 5. The third kappa shape index (κ3) is 5.59. The molecule has 0 aliphatic rings. The van der Waals surface area contributed by atoms with E-state index in [0.29, 0.717) is 0 Å². The molecule has 0 bridgehead atoms. The monoisotopic (exact) mass is 704 g/mol. The summed E-state index contributed by atoms with van der Waals surface area (Å²) in [4.78, 5) is 14.9. The van der Waals surface area contributed by atoms with E-state index in [1.165, 1.54) is 62.3 Å². The standard InChI is InChI=1S/C31H30BF12O2P/c1-29(2,3)47(30(4,5)6,31(7,8)9)28(45)46-32(19-22(39)13(33)10-14(34)23(19)40,20-24(41)15(35)11-16(36)25(20)42)21-26(43)17(37)12-18(38)27(21)44/h10-12H,1-9H3. The van der Waals surface area contributed by atoms with E-state index >= 15 is 26.3 Å². The molecule has 0 saturated heterocycles. The van der Waals surface area contributed by atoms with Gasteiger partial charge in [0, 0.05) is 18.2 Å². The Hall–Kier alpha value is -3.22. The molecule has 0 saturated carbocycles. The normalized spacial score (nSPS) is 13.3. The number of carbonyl (C=O) groups is 1. The third-order valence-corrected chi connectivity index (χ3v) is 14.9. The van der Waals surface area contributed by atoms with E-state index in [2.05, 4.69) is 0 Å². The predicted molar refractivity (Wildman–Crippen MR) is 156 cm³/mol. The van der Waals surface area contributed by atoms with Gasteiger partial charge in [-0.25, -0.2) is 57.5 Å². The molecule has 0 aliphatic heterocycles. The second-order valence-electron chi connectivity index (χ2n) is 14.0. The Morgan fingerprint density at radius 1 is 0.468 bits per heavy atom. The fourth-order valence-corrected chi connectivity index (χ4v) is 15.5. The number of halogens is 12. The number of hydrogen-bond donors (Lipinski definition) is 0. The largest absolute Gasteiger partial charge is 0.646 e. The van der Waals surface area contributed by atoms with Crippen molar-refractivity contribution in [1.29, 1.82) is 0 Å². The minimum absolute atomic E-state index is 0.453. The molecule has 0 fully saturated rings. The third-order valence-electron chi connectivity index (χ3n) is 8.23. The Kier molecular flexibility index (Phi) is 9.79. The highest BCUT2D eigenvalue weighted by molar-refractivity contribution is 7.94. The van der Waals surface area contributed by atoms with Crippen molar-refractivity contribution in [2.75, 3.05) is 0 Å². The summed E-state index contributed by atoms with van der Waals surface area (Å²) in [5.74, 6) is -30.9. The topological polar surface area (TPSA) is 26.3 Å². The maximum absolute atomic E-state index is 15.9. The van der Waals surface area contributed by atoms with Gasteiger partial charge in [-0.3, -0.25) is 0 Å². The average Bonchev–Trinajstić information content (AvgIpc) is 2.87. The number of hydrogen-bond acceptors (Lipinski definition) is 2. The van der Waals surface area contributed by atoms with Crippen LogP contribution in [0.25, 0.3) is 0 Å². The Morgan fingerprint density at radius 3 is 0.830 bits per heavy atom. The summed E-state index contributed by atoms with van der Waals surface area (Å²) in [6, 6.07) is -1.36. The van der Waals surface area contributed by atoms with Crippen LogP contribution in [0.4, 0.5) is 57.5 Å². The van der Waals surface area contributed by atoms with Crippen molar-refractivity contribution in [3.63, 3.8) is 0 Å². The van der Waals surface area contributed by atoms with Gasteiger partial charge in [-0.1, -0.05) is 16.4 Å². The molecule has 0 radical (unpaired) electrons. The smallest absolute Gasteiger partial charge is 0.406 e. The molecule has 0 unspecified atom stereocenters. The van der Waals surface area contributed by atoms with Crippen molar-refractivity contribution in [3.05, 3.63) is 88.0 Å². The van der Waals surface area contributed by atoms with Gasteiger partial charge < -0.3 is 4.65 Å². The lowest BCUT2D eigenvalue weighted by Crippen LogP contribution is -2.75. The molecule has 0 heterocycles. The van der Waals surface area contributed by atoms with Gasteiger partial charge in [0.15, 0.2) is 34.9 Å². The van der Waals surface area contributed by atoms with Crippen molar-refractivity contribution in [3.8, 4) is 0 Å². The zero-order valence-electron chi connectivity index (χ0n) is 26.6. The Bertz CT molecular complexity index is 1510. The highest BCUT2D eigenvalue weighted by Crippen LogP contribution is 2.84. The Morgan fingerprint density at radius 2 is 0.660 bits per heavy atom. The summed E-state index contributed by atoms with van der Waals surface area (Å²) in [6.45, 7) is 13.3. The first-order valence-electron chi connectivity index (χ1n) is 13.9. The van der Waals surface area contributed by atoms with Gasteiger partial charge in [-0.2, -0.15) is 0 Å². The van der Waals surface area contributed by atoms with Crippen LogP contribution >= 0.6 is 7.26 Å². The van der Waals surface area contributed by atoms with Crippen LogP contribution in [-0.2, 0) is 4.65 Å². The van der Waals surface area contributed by atoms with Gasteiger partial charge >= 0.3 is 5.71 Å². The first-order chi connectivity index (χ1) is 21.1. The molecule has 0 atom stereocenters. The summed E-state index contributed by atoms with van der Waals surface area (Å²) in [5.41, 5.74) is -9.33. The maximum atomic E-state index is 15.9. The van der Waals surface area contributed by atoms with Crippen LogP contribution in [0.1, 0.15) is 62.3 Å². The van der Waals surface area contributed by atoms with E-state index in [1.807, 2.05) is 0 Å². The summed E-state index contributed by atoms with van der Waals surface area (Å²) in [5, 5.41) is -3.91. The van der Waals surface area contributed by atoms with Crippen LogP contribution < -0.4 is 16.4 Å². The molecule has 3 aromatic carbocycles. The Balaban J connectivity index is 2.93. The molecule has 0 aliphatic carbocycles. The summed E-state index contributed by atoms with van der Waals surface area (Å²) < 4.78 is 190. The van der Waals surface area contributed by atoms with Crippen molar-refractivity contribution in [2.45, 2.75) is 77.8 Å². The molecule has 258 valence electrons. The van der Waals surface area contributed by atoms with E-state index < -0.39 is 139 Å². The Labute approximate surface area is 263 Å². The highest BCUT2D eigenvalue weighted by Gasteiger charge is 2.72. The summed E-state index contributed by atoms with van der Waals surface area (Å²) in [6.07, 6.45) is -5.96. The van der Waals surface area contributed by atoms with Crippen LogP contribution in [0.2, 0.25) is 0 Å². The first-order valence-corrected chi connectivity index (χ1v) is 15.7. The van der Waals surface area contributed by atoms with Crippen LogP contribution in [0.3, 0.4) is 0 Å². The quantitative estimate of drug-likeness (QED) is 0.115. The van der Waals surface area contributed by atoms with Gasteiger partial charge in [0.1, 0.15) is 42.2 Å². The molecule has 0 N–H and O–H groups in total. The SMILES string of the molecule is CC(C)(C)[P+](C(=O)O[B-](c1c(F)c(F)cc(F)c1F)(c1c(F)c(F)cc(F)c1F)c1c(F)c(F)cc(F)c1F)(C(C)(C)C)C(C)(C)C. The number of benzene rings is 3. The van der Waals surface area contributed by atoms with Crippen molar-refractivity contribution >= 4 is 35.7 Å². The van der Waals surface area contributed by atoms with Crippen LogP contribution in [0.15, 0.2) is 18.2 Å². The van der Waals surface area contributed by atoms with E-state index in [-0.39, 0.29) is 0 Å². The molecule has 0 aromatic heterocycles. The molecule has 0 spiro atoms. The predicted octanol–water partition coefficient (Wildman–Crippen LogP) is 8.87.